The summed E-state index contributed by atoms with van der Waals surface area (Å²) in [7, 11) is 3.35. The maximum absolute atomic E-state index is 11.3. The molecule has 0 atom stereocenters. The molecule has 0 bridgehead atoms. The zero-order valence-corrected chi connectivity index (χ0v) is 11.7. The lowest BCUT2D eigenvalue weighted by atomic mass is 10.2. The number of halogens is 1. The number of nitro groups is 1. The van der Waals surface area contributed by atoms with Gasteiger partial charge in [-0.05, 0) is 27.6 Å². The van der Waals surface area contributed by atoms with Crippen molar-refractivity contribution in [2.24, 2.45) is 0 Å². The topological polar surface area (TPSA) is 75.5 Å². The molecule has 0 aromatic heterocycles. The number of amides is 1. The number of hydrogen-bond acceptors (Lipinski definition) is 4. The maximum Gasteiger partial charge on any atom is 0.283 e. The second-order valence-corrected chi connectivity index (χ2v) is 4.79. The number of likely N-dealkylation sites (N-methyl/N-ethyl adjacent to an activating group) is 1. The van der Waals surface area contributed by atoms with E-state index >= 15 is 0 Å². The molecular weight excluding hydrogens is 302 g/mol. The Morgan fingerprint density at radius 2 is 2.17 bits per heavy atom. The third-order valence-electron chi connectivity index (χ3n) is 2.31. The summed E-state index contributed by atoms with van der Waals surface area (Å²) in [6, 6.07) is 4.88. The van der Waals surface area contributed by atoms with E-state index in [1.807, 2.05) is 0 Å². The van der Waals surface area contributed by atoms with Gasteiger partial charge in [0.15, 0.2) is 0 Å². The number of nitro benzene ring substituents is 1. The first kappa shape index (κ1) is 14.6. The molecule has 1 N–H and O–H groups in total. The number of rotatable bonds is 5. The predicted molar refractivity (Wildman–Crippen MR) is 71.2 cm³/mol. The summed E-state index contributed by atoms with van der Waals surface area (Å²) in [4.78, 5) is 23.1. The number of hydrogen-bond donors (Lipinski definition) is 1. The van der Waals surface area contributed by atoms with E-state index in [1.165, 1.54) is 11.0 Å². The quantitative estimate of drug-likeness (QED) is 0.660. The molecule has 0 spiro atoms. The molecule has 0 saturated heterocycles. The van der Waals surface area contributed by atoms with Crippen molar-refractivity contribution in [1.29, 1.82) is 0 Å². The summed E-state index contributed by atoms with van der Waals surface area (Å²) in [5.41, 5.74) is 0.782. The number of carbonyl (C=O) groups is 1. The lowest BCUT2D eigenvalue weighted by molar-refractivity contribution is -0.385. The van der Waals surface area contributed by atoms with Gasteiger partial charge in [-0.15, -0.1) is 0 Å². The lowest BCUT2D eigenvalue weighted by Crippen LogP contribution is -2.32. The van der Waals surface area contributed by atoms with Gasteiger partial charge in [0.25, 0.3) is 5.69 Å². The smallest absolute Gasteiger partial charge is 0.283 e. The Kier molecular flexibility index (Phi) is 5.24. The van der Waals surface area contributed by atoms with E-state index in [2.05, 4.69) is 21.2 Å². The van der Waals surface area contributed by atoms with Crippen LogP contribution >= 0.6 is 15.9 Å². The van der Waals surface area contributed by atoms with Crippen molar-refractivity contribution in [2.75, 3.05) is 20.6 Å². The molecule has 0 aliphatic rings. The summed E-state index contributed by atoms with van der Waals surface area (Å²) >= 11 is 3.12. The van der Waals surface area contributed by atoms with Crippen LogP contribution < -0.4 is 5.32 Å². The van der Waals surface area contributed by atoms with Crippen molar-refractivity contribution in [3.8, 4) is 0 Å². The lowest BCUT2D eigenvalue weighted by Gasteiger charge is -2.10. The SMILES string of the molecule is CN(C)C(=O)CNCc1ccc(Br)c([N+](=O)[O-])c1. The van der Waals surface area contributed by atoms with Gasteiger partial charge in [0.1, 0.15) is 0 Å². The van der Waals surface area contributed by atoms with Crippen LogP contribution in [0, 0.1) is 10.1 Å². The molecular formula is C11H14BrN3O3. The normalized spacial score (nSPS) is 10.2. The molecule has 7 heteroatoms. The van der Waals surface area contributed by atoms with E-state index in [9.17, 15) is 14.9 Å². The standard InChI is InChI=1S/C11H14BrN3O3/c1-14(2)11(16)7-13-6-8-3-4-9(12)10(5-8)15(17)18/h3-5,13H,6-7H2,1-2H3. The summed E-state index contributed by atoms with van der Waals surface area (Å²) in [5.74, 6) is -0.0402. The Morgan fingerprint density at radius 1 is 1.50 bits per heavy atom. The fourth-order valence-electron chi connectivity index (χ4n) is 1.28. The summed E-state index contributed by atoms with van der Waals surface area (Å²) < 4.78 is 0.445. The van der Waals surface area contributed by atoms with Gasteiger partial charge in [0.2, 0.25) is 5.91 Å². The first-order chi connectivity index (χ1) is 8.41. The zero-order chi connectivity index (χ0) is 13.7. The molecule has 0 heterocycles. The van der Waals surface area contributed by atoms with E-state index in [-0.39, 0.29) is 18.1 Å². The average molecular weight is 316 g/mol. The first-order valence-corrected chi connectivity index (χ1v) is 6.05. The molecule has 98 valence electrons. The van der Waals surface area contributed by atoms with E-state index in [0.717, 1.165) is 5.56 Å². The number of nitrogens with one attached hydrogen (secondary N) is 1. The fraction of sp³-hybridized carbons (Fsp3) is 0.364. The van der Waals surface area contributed by atoms with Gasteiger partial charge < -0.3 is 10.2 Å². The number of nitrogens with zero attached hydrogens (tertiary/aromatic N) is 2. The fourth-order valence-corrected chi connectivity index (χ4v) is 1.67. The van der Waals surface area contributed by atoms with Crippen LogP contribution in [0.1, 0.15) is 5.56 Å². The van der Waals surface area contributed by atoms with Crippen LogP contribution in [-0.4, -0.2) is 36.4 Å². The maximum atomic E-state index is 11.3. The Balaban J connectivity index is 2.61. The third-order valence-corrected chi connectivity index (χ3v) is 2.98. The van der Waals surface area contributed by atoms with Gasteiger partial charge in [-0.2, -0.15) is 0 Å². The second-order valence-electron chi connectivity index (χ2n) is 3.93. The first-order valence-electron chi connectivity index (χ1n) is 5.25. The Hall–Kier alpha value is -1.47. The van der Waals surface area contributed by atoms with E-state index in [0.29, 0.717) is 11.0 Å². The van der Waals surface area contributed by atoms with Crippen LogP contribution in [-0.2, 0) is 11.3 Å². The predicted octanol–water partition coefficient (Wildman–Crippen LogP) is 1.54. The van der Waals surface area contributed by atoms with Gasteiger partial charge in [-0.25, -0.2) is 0 Å². The van der Waals surface area contributed by atoms with Crippen molar-refractivity contribution in [3.63, 3.8) is 0 Å². The van der Waals surface area contributed by atoms with Gasteiger partial charge in [-0.3, -0.25) is 14.9 Å². The molecule has 0 radical (unpaired) electrons. The summed E-state index contributed by atoms with van der Waals surface area (Å²) in [5, 5.41) is 13.7. The minimum absolute atomic E-state index is 0.0215. The van der Waals surface area contributed by atoms with Crippen LogP contribution in [0.3, 0.4) is 0 Å². The van der Waals surface area contributed by atoms with Crippen molar-refractivity contribution in [2.45, 2.75) is 6.54 Å². The van der Waals surface area contributed by atoms with Gasteiger partial charge in [0.05, 0.1) is 15.9 Å². The molecule has 1 aromatic carbocycles. The molecule has 18 heavy (non-hydrogen) atoms. The van der Waals surface area contributed by atoms with Crippen LogP contribution in [0.15, 0.2) is 22.7 Å². The van der Waals surface area contributed by atoms with Crippen LogP contribution in [0.2, 0.25) is 0 Å². The minimum Gasteiger partial charge on any atom is -0.348 e. The number of benzene rings is 1. The van der Waals surface area contributed by atoms with Crippen molar-refractivity contribution in [3.05, 3.63) is 38.3 Å². The molecule has 6 nitrogen and oxygen atoms in total. The monoisotopic (exact) mass is 315 g/mol. The van der Waals surface area contributed by atoms with Crippen LogP contribution in [0.4, 0.5) is 5.69 Å². The zero-order valence-electron chi connectivity index (χ0n) is 10.1. The highest BCUT2D eigenvalue weighted by Crippen LogP contribution is 2.25. The molecule has 1 aromatic rings. The van der Waals surface area contributed by atoms with Crippen LogP contribution in [0.5, 0.6) is 0 Å². The van der Waals surface area contributed by atoms with Crippen molar-refractivity contribution >= 4 is 27.5 Å². The highest BCUT2D eigenvalue weighted by atomic mass is 79.9. The molecule has 0 aliphatic heterocycles. The van der Waals surface area contributed by atoms with Gasteiger partial charge >= 0.3 is 0 Å². The Bertz CT molecular complexity index is 463. The molecule has 0 fully saturated rings. The summed E-state index contributed by atoms with van der Waals surface area (Å²) in [6.45, 7) is 0.616. The average Bonchev–Trinajstić information content (AvgIpc) is 2.30. The van der Waals surface area contributed by atoms with Crippen LogP contribution in [0.25, 0.3) is 0 Å². The molecule has 0 unspecified atom stereocenters. The number of carbonyl (C=O) groups excluding carboxylic acids is 1. The van der Waals surface area contributed by atoms with Gasteiger partial charge in [-0.1, -0.05) is 6.07 Å². The highest BCUT2D eigenvalue weighted by Gasteiger charge is 2.12. The molecule has 0 saturated carbocycles. The highest BCUT2D eigenvalue weighted by molar-refractivity contribution is 9.10. The van der Waals surface area contributed by atoms with E-state index in [4.69, 9.17) is 0 Å². The minimum atomic E-state index is -0.446. The van der Waals surface area contributed by atoms with E-state index in [1.54, 1.807) is 26.2 Å². The molecule has 0 aliphatic carbocycles. The van der Waals surface area contributed by atoms with Crippen molar-refractivity contribution in [1.82, 2.24) is 10.2 Å². The molecule has 1 amide bonds. The second kappa shape index (κ2) is 6.46. The van der Waals surface area contributed by atoms with Gasteiger partial charge in [0, 0.05) is 26.7 Å². The Labute approximate surface area is 113 Å². The largest absolute Gasteiger partial charge is 0.348 e. The summed E-state index contributed by atoms with van der Waals surface area (Å²) in [6.07, 6.45) is 0. The molecule has 1 rings (SSSR count). The van der Waals surface area contributed by atoms with E-state index < -0.39 is 4.92 Å². The van der Waals surface area contributed by atoms with Crippen molar-refractivity contribution < 1.29 is 9.72 Å². The Morgan fingerprint density at radius 3 is 2.72 bits per heavy atom. The third kappa shape index (κ3) is 4.08.